The summed E-state index contributed by atoms with van der Waals surface area (Å²) < 4.78 is 10.6. The summed E-state index contributed by atoms with van der Waals surface area (Å²) >= 11 is 3.13. The van der Waals surface area contributed by atoms with Gasteiger partial charge in [0.05, 0.1) is 17.9 Å². The highest BCUT2D eigenvalue weighted by atomic mass is 79.9. The lowest BCUT2D eigenvalue weighted by Crippen LogP contribution is -2.13. The monoisotopic (exact) mass is 246 g/mol. The minimum atomic E-state index is -0.0747. The first-order valence-electron chi connectivity index (χ1n) is 3.99. The number of furan rings is 1. The molecule has 0 N–H and O–H groups in total. The van der Waals surface area contributed by atoms with Gasteiger partial charge in [0, 0.05) is 0 Å². The lowest BCUT2D eigenvalue weighted by molar-refractivity contribution is 0.0583. The number of carbonyl (C=O) groups is 1. The summed E-state index contributed by atoms with van der Waals surface area (Å²) in [5.74, 6) is -0.0747. The van der Waals surface area contributed by atoms with Gasteiger partial charge in [-0.3, -0.25) is 4.79 Å². The van der Waals surface area contributed by atoms with Gasteiger partial charge in [0.1, 0.15) is 6.61 Å². The molecule has 1 aromatic rings. The van der Waals surface area contributed by atoms with Gasteiger partial charge in [0.2, 0.25) is 0 Å². The zero-order chi connectivity index (χ0) is 9.84. The number of hydrogen-bond acceptors (Lipinski definition) is 3. The number of rotatable bonds is 4. The van der Waals surface area contributed by atoms with Gasteiger partial charge < -0.3 is 9.15 Å². The van der Waals surface area contributed by atoms with E-state index in [0.717, 1.165) is 0 Å². The Morgan fingerprint density at radius 2 is 2.38 bits per heavy atom. The average Bonchev–Trinajstić information content (AvgIpc) is 2.47. The summed E-state index contributed by atoms with van der Waals surface area (Å²) in [5.41, 5.74) is 0.528. The van der Waals surface area contributed by atoms with Gasteiger partial charge in [-0.15, -0.1) is 0 Å². The quantitative estimate of drug-likeness (QED) is 0.768. The highest BCUT2D eigenvalue weighted by molar-refractivity contribution is 9.10. The van der Waals surface area contributed by atoms with Crippen LogP contribution >= 0.6 is 15.9 Å². The maximum absolute atomic E-state index is 11.4. The smallest absolute Gasteiger partial charge is 0.192 e. The Morgan fingerprint density at radius 1 is 1.69 bits per heavy atom. The summed E-state index contributed by atoms with van der Waals surface area (Å²) in [6.07, 6.45) is 1.53. The van der Waals surface area contributed by atoms with Gasteiger partial charge in [-0.25, -0.2) is 0 Å². The molecule has 1 aromatic heterocycles. The lowest BCUT2D eigenvalue weighted by atomic mass is 10.2. The molecular formula is C9H11BrO3. The Hall–Kier alpha value is -0.610. The number of ether oxygens (including phenoxy) is 1. The molecule has 0 atom stereocenters. The van der Waals surface area contributed by atoms with Gasteiger partial charge in [-0.2, -0.15) is 0 Å². The molecule has 0 unspecified atom stereocenters. The second-order valence-corrected chi connectivity index (χ2v) is 3.61. The van der Waals surface area contributed by atoms with Crippen LogP contribution in [0.4, 0.5) is 0 Å². The van der Waals surface area contributed by atoms with Gasteiger partial charge in [0.25, 0.3) is 0 Å². The molecule has 0 spiro atoms. The zero-order valence-electron chi connectivity index (χ0n) is 7.54. The molecule has 0 radical (unpaired) electrons. The number of halogens is 1. The maximum atomic E-state index is 11.4. The van der Waals surface area contributed by atoms with Gasteiger partial charge >= 0.3 is 0 Å². The second kappa shape index (κ2) is 4.58. The highest BCUT2D eigenvalue weighted by Crippen LogP contribution is 2.18. The van der Waals surface area contributed by atoms with Crippen LogP contribution in [0.2, 0.25) is 0 Å². The molecule has 0 fully saturated rings. The van der Waals surface area contributed by atoms with Crippen molar-refractivity contribution in [3.05, 3.63) is 22.6 Å². The Bertz CT molecular complexity index is 291. The Morgan fingerprint density at radius 3 is 2.85 bits per heavy atom. The molecule has 0 aromatic carbocycles. The van der Waals surface area contributed by atoms with Crippen molar-refractivity contribution in [3.63, 3.8) is 0 Å². The van der Waals surface area contributed by atoms with Gasteiger partial charge in [-0.1, -0.05) is 0 Å². The van der Waals surface area contributed by atoms with Gasteiger partial charge in [-0.05, 0) is 35.8 Å². The van der Waals surface area contributed by atoms with Crippen molar-refractivity contribution in [3.8, 4) is 0 Å². The van der Waals surface area contributed by atoms with Crippen molar-refractivity contribution in [1.29, 1.82) is 0 Å². The summed E-state index contributed by atoms with van der Waals surface area (Å²) in [5, 5.41) is 0. The van der Waals surface area contributed by atoms with Crippen molar-refractivity contribution in [2.24, 2.45) is 0 Å². The van der Waals surface area contributed by atoms with Crippen LogP contribution in [0.25, 0.3) is 0 Å². The van der Waals surface area contributed by atoms with E-state index in [1.54, 1.807) is 6.07 Å². The van der Waals surface area contributed by atoms with Crippen LogP contribution in [0, 0.1) is 0 Å². The molecule has 0 aliphatic heterocycles. The van der Waals surface area contributed by atoms with E-state index in [-0.39, 0.29) is 18.5 Å². The van der Waals surface area contributed by atoms with E-state index in [2.05, 4.69) is 15.9 Å². The second-order valence-electron chi connectivity index (χ2n) is 2.89. The number of carbonyl (C=O) groups excluding carboxylic acids is 1. The van der Waals surface area contributed by atoms with Crippen molar-refractivity contribution in [1.82, 2.24) is 0 Å². The summed E-state index contributed by atoms with van der Waals surface area (Å²) in [7, 11) is 0. The fourth-order valence-corrected chi connectivity index (χ4v) is 1.27. The van der Waals surface area contributed by atoms with Crippen molar-refractivity contribution < 1.29 is 13.9 Å². The summed E-state index contributed by atoms with van der Waals surface area (Å²) in [4.78, 5) is 11.4. The van der Waals surface area contributed by atoms with Crippen molar-refractivity contribution >= 4 is 21.7 Å². The third-order valence-electron chi connectivity index (χ3n) is 1.47. The van der Waals surface area contributed by atoms with Crippen LogP contribution in [-0.2, 0) is 4.74 Å². The fraction of sp³-hybridized carbons (Fsp3) is 0.444. The van der Waals surface area contributed by atoms with Crippen LogP contribution in [0.15, 0.2) is 21.4 Å². The minimum absolute atomic E-state index is 0.0645. The molecule has 0 saturated heterocycles. The zero-order valence-corrected chi connectivity index (χ0v) is 9.13. The molecular weight excluding hydrogens is 236 g/mol. The van der Waals surface area contributed by atoms with Gasteiger partial charge in [0.15, 0.2) is 10.5 Å². The third kappa shape index (κ3) is 2.97. The Labute approximate surface area is 85.2 Å². The van der Waals surface area contributed by atoms with Crippen LogP contribution in [0.1, 0.15) is 24.2 Å². The van der Waals surface area contributed by atoms with E-state index in [4.69, 9.17) is 9.15 Å². The first-order chi connectivity index (χ1) is 6.11. The first kappa shape index (κ1) is 10.5. The summed E-state index contributed by atoms with van der Waals surface area (Å²) in [6, 6.07) is 1.62. The number of hydrogen-bond donors (Lipinski definition) is 0. The van der Waals surface area contributed by atoms with E-state index >= 15 is 0 Å². The molecule has 0 saturated carbocycles. The normalized spacial score (nSPS) is 10.8. The Balaban J connectivity index is 2.54. The number of Topliss-reactive ketones (excluding diaryl/α,β-unsaturated/α-hetero) is 1. The van der Waals surface area contributed by atoms with E-state index in [0.29, 0.717) is 10.2 Å². The molecule has 0 bridgehead atoms. The molecule has 0 aliphatic carbocycles. The molecule has 0 amide bonds. The summed E-state index contributed by atoms with van der Waals surface area (Å²) in [6.45, 7) is 3.87. The molecule has 1 rings (SSSR count). The highest BCUT2D eigenvalue weighted by Gasteiger charge is 2.12. The predicted octanol–water partition coefficient (Wildman–Crippen LogP) is 2.65. The number of ketones is 1. The van der Waals surface area contributed by atoms with Crippen LogP contribution in [-0.4, -0.2) is 18.5 Å². The van der Waals surface area contributed by atoms with Crippen LogP contribution < -0.4 is 0 Å². The first-order valence-corrected chi connectivity index (χ1v) is 4.78. The average molecular weight is 247 g/mol. The lowest BCUT2D eigenvalue weighted by Gasteiger charge is -2.04. The van der Waals surface area contributed by atoms with E-state index in [9.17, 15) is 4.79 Å². The van der Waals surface area contributed by atoms with E-state index in [1.807, 2.05) is 13.8 Å². The van der Waals surface area contributed by atoms with Crippen molar-refractivity contribution in [2.45, 2.75) is 20.0 Å². The maximum Gasteiger partial charge on any atom is 0.192 e. The fourth-order valence-electron chi connectivity index (χ4n) is 0.813. The topological polar surface area (TPSA) is 39.4 Å². The predicted molar refractivity (Wildman–Crippen MR) is 51.8 cm³/mol. The third-order valence-corrected chi connectivity index (χ3v) is 2.08. The molecule has 4 heteroatoms. The standard InChI is InChI=1S/C9H11BrO3/c1-6(2)13-5-8(11)7-3-4-12-9(7)10/h3-4,6H,5H2,1-2H3. The SMILES string of the molecule is CC(C)OCC(=O)c1ccoc1Br. The Kier molecular flexibility index (Phi) is 3.69. The van der Waals surface area contributed by atoms with Crippen LogP contribution in [0.3, 0.4) is 0 Å². The largest absolute Gasteiger partial charge is 0.457 e. The van der Waals surface area contributed by atoms with Crippen LogP contribution in [0.5, 0.6) is 0 Å². The van der Waals surface area contributed by atoms with E-state index < -0.39 is 0 Å². The molecule has 3 nitrogen and oxygen atoms in total. The molecule has 13 heavy (non-hydrogen) atoms. The molecule has 1 heterocycles. The minimum Gasteiger partial charge on any atom is -0.457 e. The molecule has 72 valence electrons. The van der Waals surface area contributed by atoms with Crippen molar-refractivity contribution in [2.75, 3.05) is 6.61 Å². The molecule has 0 aliphatic rings. The van der Waals surface area contributed by atoms with E-state index in [1.165, 1.54) is 6.26 Å².